The minimum atomic E-state index is -4.44. The molecule has 0 radical (unpaired) electrons. The molecule has 1 aliphatic rings. The molecule has 1 heterocycles. The van der Waals surface area contributed by atoms with Gasteiger partial charge in [0.15, 0.2) is 0 Å². The number of pyridine rings is 1. The lowest BCUT2D eigenvalue weighted by molar-refractivity contribution is -0.137. The lowest BCUT2D eigenvalue weighted by atomic mass is 10.1. The van der Waals surface area contributed by atoms with Gasteiger partial charge in [0.1, 0.15) is 5.82 Å². The maximum atomic E-state index is 12.8. The fourth-order valence-electron chi connectivity index (χ4n) is 2.38. The van der Waals surface area contributed by atoms with Crippen LogP contribution in [-0.4, -0.2) is 22.2 Å². The van der Waals surface area contributed by atoms with Crippen molar-refractivity contribution in [2.45, 2.75) is 50.4 Å². The summed E-state index contributed by atoms with van der Waals surface area (Å²) in [6, 6.07) is 1.90. The van der Waals surface area contributed by atoms with Gasteiger partial charge in [0.05, 0.1) is 17.7 Å². The zero-order valence-corrected chi connectivity index (χ0v) is 10.5. The SMILES string of the molecule is OC1CCCCCC1Nc1ncccc1C(F)(F)F. The maximum Gasteiger partial charge on any atom is 0.419 e. The van der Waals surface area contributed by atoms with E-state index in [1.165, 1.54) is 12.3 Å². The van der Waals surface area contributed by atoms with Crippen molar-refractivity contribution in [2.24, 2.45) is 0 Å². The smallest absolute Gasteiger partial charge is 0.391 e. The highest BCUT2D eigenvalue weighted by atomic mass is 19.4. The summed E-state index contributed by atoms with van der Waals surface area (Å²) >= 11 is 0. The molecule has 2 unspecified atom stereocenters. The topological polar surface area (TPSA) is 45.1 Å². The predicted molar refractivity (Wildman–Crippen MR) is 65.7 cm³/mol. The molecule has 0 saturated heterocycles. The van der Waals surface area contributed by atoms with E-state index in [9.17, 15) is 18.3 Å². The van der Waals surface area contributed by atoms with Crippen molar-refractivity contribution < 1.29 is 18.3 Å². The van der Waals surface area contributed by atoms with Crippen LogP contribution in [-0.2, 0) is 6.18 Å². The fraction of sp³-hybridized carbons (Fsp3) is 0.615. The van der Waals surface area contributed by atoms with Crippen LogP contribution >= 0.6 is 0 Å². The van der Waals surface area contributed by atoms with Crippen molar-refractivity contribution in [2.75, 3.05) is 5.32 Å². The van der Waals surface area contributed by atoms with E-state index in [0.717, 1.165) is 25.3 Å². The molecule has 1 saturated carbocycles. The van der Waals surface area contributed by atoms with E-state index in [0.29, 0.717) is 12.8 Å². The molecule has 0 bridgehead atoms. The summed E-state index contributed by atoms with van der Waals surface area (Å²) in [5, 5.41) is 12.7. The first-order valence-electron chi connectivity index (χ1n) is 6.45. The Kier molecular flexibility index (Phi) is 4.29. The number of rotatable bonds is 2. The van der Waals surface area contributed by atoms with Gasteiger partial charge in [-0.05, 0) is 25.0 Å². The van der Waals surface area contributed by atoms with Gasteiger partial charge in [-0.2, -0.15) is 13.2 Å². The largest absolute Gasteiger partial charge is 0.419 e. The third-order valence-corrected chi connectivity index (χ3v) is 3.41. The van der Waals surface area contributed by atoms with Crippen LogP contribution in [0.15, 0.2) is 18.3 Å². The lowest BCUT2D eigenvalue weighted by Gasteiger charge is -2.24. The van der Waals surface area contributed by atoms with Gasteiger partial charge in [0, 0.05) is 6.20 Å². The maximum absolute atomic E-state index is 12.8. The van der Waals surface area contributed by atoms with Gasteiger partial charge >= 0.3 is 6.18 Å². The van der Waals surface area contributed by atoms with Gasteiger partial charge in [-0.3, -0.25) is 0 Å². The highest BCUT2D eigenvalue weighted by molar-refractivity contribution is 5.46. The summed E-state index contributed by atoms with van der Waals surface area (Å²) in [4.78, 5) is 3.76. The second-order valence-corrected chi connectivity index (χ2v) is 4.85. The molecule has 1 aliphatic carbocycles. The van der Waals surface area contributed by atoms with Crippen LogP contribution in [0.5, 0.6) is 0 Å². The Balaban J connectivity index is 2.18. The summed E-state index contributed by atoms with van der Waals surface area (Å²) in [7, 11) is 0. The standard InChI is InChI=1S/C13H17F3N2O/c14-13(15,16)9-5-4-8-17-12(9)18-10-6-2-1-3-7-11(10)19/h4-5,8,10-11,19H,1-3,6-7H2,(H,17,18). The molecule has 3 nitrogen and oxygen atoms in total. The number of aromatic nitrogens is 1. The van der Waals surface area contributed by atoms with E-state index < -0.39 is 17.8 Å². The van der Waals surface area contributed by atoms with Crippen LogP contribution in [0.1, 0.15) is 37.7 Å². The van der Waals surface area contributed by atoms with Crippen LogP contribution in [0.4, 0.5) is 19.0 Å². The quantitative estimate of drug-likeness (QED) is 0.814. The zero-order valence-electron chi connectivity index (χ0n) is 10.5. The number of nitrogens with one attached hydrogen (secondary N) is 1. The van der Waals surface area contributed by atoms with Crippen LogP contribution < -0.4 is 5.32 Å². The summed E-state index contributed by atoms with van der Waals surface area (Å²) in [6.45, 7) is 0. The average molecular weight is 274 g/mol. The van der Waals surface area contributed by atoms with E-state index in [-0.39, 0.29) is 11.9 Å². The van der Waals surface area contributed by atoms with Crippen molar-refractivity contribution in [3.63, 3.8) is 0 Å². The molecule has 2 N–H and O–H groups in total. The number of hydrogen-bond acceptors (Lipinski definition) is 3. The number of nitrogens with zero attached hydrogens (tertiary/aromatic N) is 1. The van der Waals surface area contributed by atoms with Crippen molar-refractivity contribution in [1.29, 1.82) is 0 Å². The Morgan fingerprint density at radius 1 is 1.21 bits per heavy atom. The summed E-state index contributed by atoms with van der Waals surface area (Å²) in [5.41, 5.74) is -0.786. The number of aliphatic hydroxyl groups excluding tert-OH is 1. The third kappa shape index (κ3) is 3.59. The molecule has 1 aromatic heterocycles. The Morgan fingerprint density at radius 3 is 2.68 bits per heavy atom. The molecule has 0 spiro atoms. The van der Waals surface area contributed by atoms with Gasteiger partial charge < -0.3 is 10.4 Å². The van der Waals surface area contributed by atoms with E-state index in [1.807, 2.05) is 0 Å². The van der Waals surface area contributed by atoms with E-state index in [2.05, 4.69) is 10.3 Å². The first-order chi connectivity index (χ1) is 8.98. The molecule has 1 fully saturated rings. The molecule has 19 heavy (non-hydrogen) atoms. The average Bonchev–Trinajstić information content (AvgIpc) is 2.54. The highest BCUT2D eigenvalue weighted by Crippen LogP contribution is 2.34. The van der Waals surface area contributed by atoms with Gasteiger partial charge in [0.25, 0.3) is 0 Å². The molecule has 1 aromatic rings. The van der Waals surface area contributed by atoms with Crippen LogP contribution in [0, 0.1) is 0 Å². The van der Waals surface area contributed by atoms with Crippen LogP contribution in [0.3, 0.4) is 0 Å². The Labute approximate surface area is 109 Å². The van der Waals surface area contributed by atoms with Crippen LogP contribution in [0.25, 0.3) is 0 Å². The molecule has 0 amide bonds. The lowest BCUT2D eigenvalue weighted by Crippen LogP contribution is -2.33. The molecule has 2 atom stereocenters. The molecule has 6 heteroatoms. The third-order valence-electron chi connectivity index (χ3n) is 3.41. The second kappa shape index (κ2) is 5.77. The first-order valence-corrected chi connectivity index (χ1v) is 6.45. The van der Waals surface area contributed by atoms with E-state index >= 15 is 0 Å². The molecular weight excluding hydrogens is 257 g/mol. The molecule has 2 rings (SSSR count). The van der Waals surface area contributed by atoms with Crippen LogP contribution in [0.2, 0.25) is 0 Å². The van der Waals surface area contributed by atoms with Crippen molar-refractivity contribution >= 4 is 5.82 Å². The first kappa shape index (κ1) is 14.1. The molecule has 106 valence electrons. The number of anilines is 1. The fourth-order valence-corrected chi connectivity index (χ4v) is 2.38. The predicted octanol–water partition coefficient (Wildman–Crippen LogP) is 3.21. The minimum Gasteiger partial charge on any atom is -0.391 e. The van der Waals surface area contributed by atoms with Crippen molar-refractivity contribution in [3.8, 4) is 0 Å². The van der Waals surface area contributed by atoms with Gasteiger partial charge in [-0.15, -0.1) is 0 Å². The van der Waals surface area contributed by atoms with Crippen molar-refractivity contribution in [3.05, 3.63) is 23.9 Å². The summed E-state index contributed by atoms with van der Waals surface area (Å²) in [6.07, 6.45) is 0.360. The number of aliphatic hydroxyl groups is 1. The van der Waals surface area contributed by atoms with Crippen molar-refractivity contribution in [1.82, 2.24) is 4.98 Å². The van der Waals surface area contributed by atoms with E-state index in [4.69, 9.17) is 0 Å². The Bertz CT molecular complexity index is 423. The number of hydrogen-bond donors (Lipinski definition) is 2. The highest BCUT2D eigenvalue weighted by Gasteiger charge is 2.35. The zero-order chi connectivity index (χ0) is 13.9. The Morgan fingerprint density at radius 2 is 1.95 bits per heavy atom. The van der Waals surface area contributed by atoms with Gasteiger partial charge in [-0.25, -0.2) is 4.98 Å². The monoisotopic (exact) mass is 274 g/mol. The van der Waals surface area contributed by atoms with Gasteiger partial charge in [-0.1, -0.05) is 19.3 Å². The molecule has 0 aliphatic heterocycles. The molecular formula is C13H17F3N2O. The minimum absolute atomic E-state index is 0.194. The number of halogens is 3. The van der Waals surface area contributed by atoms with Gasteiger partial charge in [0.2, 0.25) is 0 Å². The Hall–Kier alpha value is -1.30. The summed E-state index contributed by atoms with van der Waals surface area (Å²) < 4.78 is 38.5. The number of alkyl halides is 3. The summed E-state index contributed by atoms with van der Waals surface area (Å²) in [5.74, 6) is -0.194. The normalized spacial score (nSPS) is 24.8. The second-order valence-electron chi connectivity index (χ2n) is 4.85. The molecule has 0 aromatic carbocycles. The van der Waals surface area contributed by atoms with E-state index in [1.54, 1.807) is 0 Å².